The van der Waals surface area contributed by atoms with E-state index in [2.05, 4.69) is 48.7 Å². The Balaban J connectivity index is 2.43. The lowest BCUT2D eigenvalue weighted by Crippen LogP contribution is -2.29. The zero-order chi connectivity index (χ0) is 11.4. The van der Waals surface area contributed by atoms with Crippen molar-refractivity contribution in [2.24, 2.45) is 11.8 Å². The summed E-state index contributed by atoms with van der Waals surface area (Å²) in [5.41, 5.74) is 0.778. The number of carbonyl (C=O) groups excluding carboxylic acids is 1. The Morgan fingerprint density at radius 3 is 2.67 bits per heavy atom. The van der Waals surface area contributed by atoms with Gasteiger partial charge in [-0.25, -0.2) is 0 Å². The summed E-state index contributed by atoms with van der Waals surface area (Å²) in [5, 5.41) is 4.86. The quantitative estimate of drug-likeness (QED) is 0.839. The molecule has 1 aromatic heterocycles. The molecule has 1 rings (SSSR count). The van der Waals surface area contributed by atoms with Gasteiger partial charge in [0, 0.05) is 11.9 Å². The number of hydrogen-bond donors (Lipinski definition) is 1. The van der Waals surface area contributed by atoms with Crippen LogP contribution in [0.5, 0.6) is 0 Å². The van der Waals surface area contributed by atoms with Crippen LogP contribution in [0.2, 0.25) is 0 Å². The van der Waals surface area contributed by atoms with E-state index in [1.54, 1.807) is 11.3 Å². The molecule has 0 radical (unpaired) electrons. The van der Waals surface area contributed by atoms with Crippen molar-refractivity contribution in [3.05, 3.63) is 19.9 Å². The predicted molar refractivity (Wildman–Crippen MR) is 73.4 cm³/mol. The average Bonchev–Trinajstić information content (AvgIpc) is 2.60. The molecule has 1 N–H and O–H groups in total. The van der Waals surface area contributed by atoms with Gasteiger partial charge in [-0.05, 0) is 40.5 Å². The number of nitrogens with one attached hydrogen (secondary N) is 1. The maximum atomic E-state index is 11.7. The van der Waals surface area contributed by atoms with Gasteiger partial charge < -0.3 is 5.32 Å². The zero-order valence-corrected chi connectivity index (χ0v) is 12.2. The Bertz CT molecular complexity index is 335. The van der Waals surface area contributed by atoms with Gasteiger partial charge in [0.2, 0.25) is 0 Å². The van der Waals surface area contributed by atoms with Crippen molar-refractivity contribution in [1.82, 2.24) is 5.32 Å². The lowest BCUT2D eigenvalue weighted by molar-refractivity contribution is 0.0945. The molecule has 15 heavy (non-hydrogen) atoms. The number of hydrogen-bond acceptors (Lipinski definition) is 2. The van der Waals surface area contributed by atoms with Gasteiger partial charge in [0.15, 0.2) is 0 Å². The summed E-state index contributed by atoms with van der Waals surface area (Å²) in [6, 6.07) is 1.92. The second-order valence-electron chi connectivity index (χ2n) is 4.07. The molecule has 4 heteroatoms. The molecule has 0 aromatic carbocycles. The van der Waals surface area contributed by atoms with Gasteiger partial charge in [0.1, 0.15) is 0 Å². The van der Waals surface area contributed by atoms with Crippen molar-refractivity contribution in [1.29, 1.82) is 0 Å². The maximum absolute atomic E-state index is 11.7. The van der Waals surface area contributed by atoms with Crippen molar-refractivity contribution in [2.75, 3.05) is 6.54 Å². The van der Waals surface area contributed by atoms with E-state index in [4.69, 9.17) is 0 Å². The molecule has 0 saturated heterocycles. The third-order valence-corrected chi connectivity index (χ3v) is 4.34. The Hall–Kier alpha value is -0.100. The summed E-state index contributed by atoms with van der Waals surface area (Å²) in [4.78, 5) is 11.7. The average molecular weight is 337 g/mol. The first-order valence-electron chi connectivity index (χ1n) is 5.03. The lowest BCUT2D eigenvalue weighted by Gasteiger charge is -2.15. The fraction of sp³-hybridized carbons (Fsp3) is 0.545. The Morgan fingerprint density at radius 1 is 1.53 bits per heavy atom. The minimum atomic E-state index is 0.0432. The van der Waals surface area contributed by atoms with Crippen molar-refractivity contribution in [3.63, 3.8) is 0 Å². The highest BCUT2D eigenvalue weighted by Crippen LogP contribution is 2.16. The van der Waals surface area contributed by atoms with Crippen LogP contribution in [-0.4, -0.2) is 12.5 Å². The van der Waals surface area contributed by atoms with E-state index in [-0.39, 0.29) is 5.91 Å². The Labute approximate surface area is 109 Å². The van der Waals surface area contributed by atoms with Crippen LogP contribution in [0.1, 0.15) is 31.1 Å². The van der Waals surface area contributed by atoms with Gasteiger partial charge in [0.25, 0.3) is 5.91 Å². The molecule has 1 heterocycles. The molecule has 0 spiro atoms. The normalized spacial score (nSPS) is 12.9. The third kappa shape index (κ3) is 4.10. The molecule has 2 nitrogen and oxygen atoms in total. The second-order valence-corrected chi connectivity index (χ2v) is 6.88. The molecule has 0 aliphatic rings. The van der Waals surface area contributed by atoms with E-state index in [0.29, 0.717) is 11.8 Å². The molecule has 84 valence electrons. The van der Waals surface area contributed by atoms with Crippen LogP contribution in [0.25, 0.3) is 0 Å². The van der Waals surface area contributed by atoms with Crippen LogP contribution in [0, 0.1) is 14.7 Å². The van der Waals surface area contributed by atoms with Gasteiger partial charge in [-0.2, -0.15) is 0 Å². The SMILES string of the molecule is CC(C)C(C)CNC(=O)c1csc(I)c1. The molecule has 1 atom stereocenters. The van der Waals surface area contributed by atoms with Crippen LogP contribution in [0.15, 0.2) is 11.4 Å². The molecule has 1 aromatic rings. The molecule has 0 saturated carbocycles. The first kappa shape index (κ1) is 13.0. The fourth-order valence-electron chi connectivity index (χ4n) is 1.02. The van der Waals surface area contributed by atoms with Crippen LogP contribution in [0.4, 0.5) is 0 Å². The summed E-state index contributed by atoms with van der Waals surface area (Å²) in [5.74, 6) is 1.17. The molecular formula is C11H16INOS. The van der Waals surface area contributed by atoms with Crippen LogP contribution in [0.3, 0.4) is 0 Å². The van der Waals surface area contributed by atoms with Crippen LogP contribution in [-0.2, 0) is 0 Å². The highest BCUT2D eigenvalue weighted by atomic mass is 127. The molecule has 1 amide bonds. The largest absolute Gasteiger partial charge is 0.352 e. The number of amides is 1. The van der Waals surface area contributed by atoms with E-state index in [0.717, 1.165) is 15.0 Å². The van der Waals surface area contributed by atoms with Crippen molar-refractivity contribution in [2.45, 2.75) is 20.8 Å². The van der Waals surface area contributed by atoms with Gasteiger partial charge in [-0.3, -0.25) is 4.79 Å². The zero-order valence-electron chi connectivity index (χ0n) is 9.21. The minimum absolute atomic E-state index is 0.0432. The van der Waals surface area contributed by atoms with E-state index in [9.17, 15) is 4.79 Å². The number of carbonyl (C=O) groups is 1. The smallest absolute Gasteiger partial charge is 0.252 e. The Kier molecular flexibility index (Phi) is 5.05. The van der Waals surface area contributed by atoms with Gasteiger partial charge in [0.05, 0.1) is 8.45 Å². The third-order valence-electron chi connectivity index (χ3n) is 2.55. The fourth-order valence-corrected chi connectivity index (χ4v) is 2.35. The molecule has 0 aliphatic heterocycles. The van der Waals surface area contributed by atoms with Gasteiger partial charge in [-0.15, -0.1) is 11.3 Å². The topological polar surface area (TPSA) is 29.1 Å². The highest BCUT2D eigenvalue weighted by molar-refractivity contribution is 14.1. The molecule has 0 bridgehead atoms. The highest BCUT2D eigenvalue weighted by Gasteiger charge is 2.11. The maximum Gasteiger partial charge on any atom is 0.252 e. The summed E-state index contributed by atoms with van der Waals surface area (Å²) >= 11 is 3.82. The molecule has 0 fully saturated rings. The van der Waals surface area contributed by atoms with Crippen molar-refractivity contribution >= 4 is 39.8 Å². The van der Waals surface area contributed by atoms with Crippen LogP contribution < -0.4 is 5.32 Å². The lowest BCUT2D eigenvalue weighted by atomic mass is 9.98. The summed E-state index contributed by atoms with van der Waals surface area (Å²) in [6.07, 6.45) is 0. The predicted octanol–water partition coefficient (Wildman–Crippen LogP) is 3.37. The van der Waals surface area contributed by atoms with E-state index in [1.807, 2.05) is 11.4 Å². The minimum Gasteiger partial charge on any atom is -0.352 e. The van der Waals surface area contributed by atoms with E-state index in [1.165, 1.54) is 0 Å². The van der Waals surface area contributed by atoms with E-state index >= 15 is 0 Å². The number of rotatable bonds is 4. The second kappa shape index (κ2) is 5.84. The molecule has 0 aliphatic carbocycles. The van der Waals surface area contributed by atoms with Crippen molar-refractivity contribution < 1.29 is 4.79 Å². The first-order valence-corrected chi connectivity index (χ1v) is 6.98. The monoisotopic (exact) mass is 337 g/mol. The summed E-state index contributed by atoms with van der Waals surface area (Å²) in [7, 11) is 0. The summed E-state index contributed by atoms with van der Waals surface area (Å²) in [6.45, 7) is 7.25. The summed E-state index contributed by atoms with van der Waals surface area (Å²) < 4.78 is 1.15. The van der Waals surface area contributed by atoms with Gasteiger partial charge >= 0.3 is 0 Å². The van der Waals surface area contributed by atoms with Crippen LogP contribution >= 0.6 is 33.9 Å². The number of halogens is 1. The molecular weight excluding hydrogens is 321 g/mol. The standard InChI is InChI=1S/C11H16INOS/c1-7(2)8(3)5-13-11(14)9-4-10(12)15-6-9/h4,6-8H,5H2,1-3H3,(H,13,14). The Morgan fingerprint density at radius 2 is 2.20 bits per heavy atom. The first-order chi connectivity index (χ1) is 7.00. The van der Waals surface area contributed by atoms with Gasteiger partial charge in [-0.1, -0.05) is 20.8 Å². The van der Waals surface area contributed by atoms with E-state index < -0.39 is 0 Å². The van der Waals surface area contributed by atoms with Crippen molar-refractivity contribution in [3.8, 4) is 0 Å². The number of thiophene rings is 1. The molecule has 1 unspecified atom stereocenters.